The lowest BCUT2D eigenvalue weighted by Crippen LogP contribution is -2.14. The lowest BCUT2D eigenvalue weighted by atomic mass is 10.2. The molecule has 0 atom stereocenters. The highest BCUT2D eigenvalue weighted by atomic mass is 35.5. The Hall–Kier alpha value is -0.900. The van der Waals surface area contributed by atoms with Crippen LogP contribution in [0.1, 0.15) is 17.7 Å². The van der Waals surface area contributed by atoms with Crippen LogP contribution >= 0.6 is 22.9 Å². The topological polar surface area (TPSA) is 12.0 Å². The molecule has 94 valence electrons. The van der Waals surface area contributed by atoms with Crippen molar-refractivity contribution in [2.45, 2.75) is 25.4 Å². The molecule has 1 aromatic heterocycles. The molecule has 1 N–H and O–H groups in total. The largest absolute Gasteiger partial charge is 0.309 e. The SMILES string of the molecule is Fc1ccc(-c2ccc(CNC3CC3)s2)c(Cl)c1. The normalized spacial score (nSPS) is 15.0. The molecule has 0 unspecified atom stereocenters. The van der Waals surface area contributed by atoms with E-state index < -0.39 is 0 Å². The minimum Gasteiger partial charge on any atom is -0.309 e. The molecule has 1 nitrogen and oxygen atoms in total. The first kappa shape index (κ1) is 12.2. The minimum atomic E-state index is -0.295. The van der Waals surface area contributed by atoms with Crippen LogP contribution < -0.4 is 5.32 Å². The Bertz CT molecular complexity index is 563. The van der Waals surface area contributed by atoms with Crippen molar-refractivity contribution in [3.05, 3.63) is 46.0 Å². The van der Waals surface area contributed by atoms with E-state index in [1.54, 1.807) is 17.4 Å². The monoisotopic (exact) mass is 281 g/mol. The van der Waals surface area contributed by atoms with Gasteiger partial charge in [-0.1, -0.05) is 11.6 Å². The highest BCUT2D eigenvalue weighted by Gasteiger charge is 2.20. The Balaban J connectivity index is 1.78. The first-order valence-electron chi connectivity index (χ1n) is 6.00. The van der Waals surface area contributed by atoms with Gasteiger partial charge in [0.2, 0.25) is 0 Å². The zero-order valence-electron chi connectivity index (χ0n) is 9.75. The van der Waals surface area contributed by atoms with E-state index in [0.29, 0.717) is 11.1 Å². The van der Waals surface area contributed by atoms with Crippen molar-refractivity contribution in [1.82, 2.24) is 5.32 Å². The van der Waals surface area contributed by atoms with Gasteiger partial charge in [-0.2, -0.15) is 0 Å². The predicted molar refractivity (Wildman–Crippen MR) is 74.6 cm³/mol. The fourth-order valence-electron chi connectivity index (χ4n) is 1.84. The third kappa shape index (κ3) is 2.74. The van der Waals surface area contributed by atoms with Gasteiger partial charge in [0.15, 0.2) is 0 Å². The molecule has 2 aromatic rings. The van der Waals surface area contributed by atoms with Gasteiger partial charge in [-0.15, -0.1) is 11.3 Å². The highest BCUT2D eigenvalue weighted by molar-refractivity contribution is 7.15. The van der Waals surface area contributed by atoms with E-state index in [4.69, 9.17) is 11.6 Å². The second-order valence-corrected chi connectivity index (χ2v) is 6.12. The molecule has 1 saturated carbocycles. The summed E-state index contributed by atoms with van der Waals surface area (Å²) in [5, 5.41) is 3.95. The second-order valence-electron chi connectivity index (χ2n) is 4.55. The number of rotatable bonds is 4. The Labute approximate surface area is 115 Å². The molecule has 0 spiro atoms. The van der Waals surface area contributed by atoms with Crippen LogP contribution in [0.2, 0.25) is 5.02 Å². The smallest absolute Gasteiger partial charge is 0.124 e. The summed E-state index contributed by atoms with van der Waals surface area (Å²) in [6.45, 7) is 0.911. The van der Waals surface area contributed by atoms with Crippen LogP contribution in [-0.4, -0.2) is 6.04 Å². The van der Waals surface area contributed by atoms with E-state index in [0.717, 1.165) is 17.0 Å². The Morgan fingerprint density at radius 2 is 2.11 bits per heavy atom. The molecule has 1 aliphatic rings. The van der Waals surface area contributed by atoms with Crippen LogP contribution in [0.5, 0.6) is 0 Å². The molecule has 1 aliphatic carbocycles. The van der Waals surface area contributed by atoms with Crippen molar-refractivity contribution in [2.75, 3.05) is 0 Å². The van der Waals surface area contributed by atoms with Crippen LogP contribution in [0, 0.1) is 5.82 Å². The summed E-state index contributed by atoms with van der Waals surface area (Å²) >= 11 is 7.77. The van der Waals surface area contributed by atoms with E-state index in [2.05, 4.69) is 11.4 Å². The number of nitrogens with one attached hydrogen (secondary N) is 1. The maximum atomic E-state index is 13.0. The number of hydrogen-bond acceptors (Lipinski definition) is 2. The Morgan fingerprint density at radius 1 is 1.28 bits per heavy atom. The predicted octanol–water partition coefficient (Wildman–Crippen LogP) is 4.46. The van der Waals surface area contributed by atoms with Crippen LogP contribution in [0.15, 0.2) is 30.3 Å². The highest BCUT2D eigenvalue weighted by Crippen LogP contribution is 2.34. The average molecular weight is 282 g/mol. The summed E-state index contributed by atoms with van der Waals surface area (Å²) in [5.74, 6) is -0.295. The number of benzene rings is 1. The van der Waals surface area contributed by atoms with Gasteiger partial charge in [-0.25, -0.2) is 4.39 Å². The number of halogens is 2. The summed E-state index contributed by atoms with van der Waals surface area (Å²) in [4.78, 5) is 2.38. The third-order valence-corrected chi connectivity index (χ3v) is 4.43. The van der Waals surface area contributed by atoms with Gasteiger partial charge >= 0.3 is 0 Å². The van der Waals surface area contributed by atoms with Gasteiger partial charge in [0, 0.05) is 27.9 Å². The molecule has 1 aromatic carbocycles. The zero-order valence-corrected chi connectivity index (χ0v) is 11.3. The summed E-state index contributed by atoms with van der Waals surface area (Å²) in [6, 6.07) is 9.41. The Morgan fingerprint density at radius 3 is 2.83 bits per heavy atom. The van der Waals surface area contributed by atoms with E-state index in [9.17, 15) is 4.39 Å². The summed E-state index contributed by atoms with van der Waals surface area (Å²) in [6.07, 6.45) is 2.59. The second kappa shape index (κ2) is 5.00. The van der Waals surface area contributed by atoms with Crippen molar-refractivity contribution in [1.29, 1.82) is 0 Å². The number of thiophene rings is 1. The molecular weight excluding hydrogens is 269 g/mol. The quantitative estimate of drug-likeness (QED) is 0.872. The molecular formula is C14H13ClFNS. The van der Waals surface area contributed by atoms with Gasteiger partial charge in [0.05, 0.1) is 5.02 Å². The minimum absolute atomic E-state index is 0.295. The van der Waals surface area contributed by atoms with E-state index in [1.165, 1.54) is 29.9 Å². The zero-order chi connectivity index (χ0) is 12.5. The molecule has 0 aliphatic heterocycles. The van der Waals surface area contributed by atoms with Crippen molar-refractivity contribution in [2.24, 2.45) is 0 Å². The van der Waals surface area contributed by atoms with Crippen LogP contribution in [-0.2, 0) is 6.54 Å². The molecule has 3 rings (SSSR count). The lowest BCUT2D eigenvalue weighted by molar-refractivity contribution is 0.628. The summed E-state index contributed by atoms with van der Waals surface area (Å²) in [5.41, 5.74) is 0.903. The molecule has 0 saturated heterocycles. The van der Waals surface area contributed by atoms with E-state index in [-0.39, 0.29) is 5.82 Å². The first-order chi connectivity index (χ1) is 8.72. The van der Waals surface area contributed by atoms with Gasteiger partial charge in [-0.3, -0.25) is 0 Å². The van der Waals surface area contributed by atoms with E-state index in [1.807, 2.05) is 6.07 Å². The molecule has 1 fully saturated rings. The molecule has 0 bridgehead atoms. The summed E-state index contributed by atoms with van der Waals surface area (Å²) in [7, 11) is 0. The third-order valence-electron chi connectivity index (χ3n) is 3.00. The molecule has 0 radical (unpaired) electrons. The Kier molecular flexibility index (Phi) is 3.37. The van der Waals surface area contributed by atoms with Crippen LogP contribution in [0.4, 0.5) is 4.39 Å². The molecule has 1 heterocycles. The summed E-state index contributed by atoms with van der Waals surface area (Å²) < 4.78 is 13.0. The van der Waals surface area contributed by atoms with Crippen LogP contribution in [0.3, 0.4) is 0 Å². The average Bonchev–Trinajstić information content (AvgIpc) is 3.05. The van der Waals surface area contributed by atoms with E-state index >= 15 is 0 Å². The number of hydrogen-bond donors (Lipinski definition) is 1. The first-order valence-corrected chi connectivity index (χ1v) is 7.19. The van der Waals surface area contributed by atoms with Gasteiger partial charge in [-0.05, 0) is 43.2 Å². The molecule has 18 heavy (non-hydrogen) atoms. The standard InChI is InChI=1S/C14H13ClFNS/c15-13-7-9(16)1-5-12(13)14-6-4-11(18-14)8-17-10-2-3-10/h1,4-7,10,17H,2-3,8H2. The van der Waals surface area contributed by atoms with Crippen LogP contribution in [0.25, 0.3) is 10.4 Å². The van der Waals surface area contributed by atoms with Crippen molar-refractivity contribution in [3.63, 3.8) is 0 Å². The van der Waals surface area contributed by atoms with Crippen molar-refractivity contribution in [3.8, 4) is 10.4 Å². The maximum absolute atomic E-state index is 13.0. The van der Waals surface area contributed by atoms with Gasteiger partial charge < -0.3 is 5.32 Å². The lowest BCUT2D eigenvalue weighted by Gasteiger charge is -2.01. The fourth-order valence-corrected chi connectivity index (χ4v) is 3.16. The van der Waals surface area contributed by atoms with Gasteiger partial charge in [0.1, 0.15) is 5.82 Å². The molecule has 4 heteroatoms. The fraction of sp³-hybridized carbons (Fsp3) is 0.286. The molecule has 0 amide bonds. The van der Waals surface area contributed by atoms with Gasteiger partial charge in [0.25, 0.3) is 0 Å². The van der Waals surface area contributed by atoms with Crippen molar-refractivity contribution >= 4 is 22.9 Å². The van der Waals surface area contributed by atoms with Crippen molar-refractivity contribution < 1.29 is 4.39 Å². The maximum Gasteiger partial charge on any atom is 0.124 e.